The largest absolute Gasteiger partial charge is 0.289 e. The van der Waals surface area contributed by atoms with Crippen LogP contribution in [0.25, 0.3) is 0 Å². The standard InChI is InChI=1S/C11H13NO/c1-8(2)4-11(13)10-5-9(3)6-12-7-10/h4-7H,1-3H3. The number of hydrogen-bond acceptors (Lipinski definition) is 2. The van der Waals surface area contributed by atoms with Crippen molar-refractivity contribution in [2.24, 2.45) is 0 Å². The van der Waals surface area contributed by atoms with Crippen molar-refractivity contribution in [2.75, 3.05) is 0 Å². The molecule has 0 bridgehead atoms. The van der Waals surface area contributed by atoms with E-state index in [4.69, 9.17) is 0 Å². The number of carbonyl (C=O) groups excluding carboxylic acids is 1. The van der Waals surface area contributed by atoms with Gasteiger partial charge in [0.15, 0.2) is 5.78 Å². The maximum atomic E-state index is 11.5. The van der Waals surface area contributed by atoms with Crippen molar-refractivity contribution in [1.82, 2.24) is 4.98 Å². The van der Waals surface area contributed by atoms with Crippen LogP contribution in [0, 0.1) is 6.92 Å². The van der Waals surface area contributed by atoms with E-state index in [9.17, 15) is 4.79 Å². The Labute approximate surface area is 78.3 Å². The van der Waals surface area contributed by atoms with Crippen LogP contribution < -0.4 is 0 Å². The summed E-state index contributed by atoms with van der Waals surface area (Å²) in [4.78, 5) is 15.5. The molecule has 0 aliphatic rings. The molecule has 0 radical (unpaired) electrons. The second-order valence-corrected chi connectivity index (χ2v) is 3.34. The summed E-state index contributed by atoms with van der Waals surface area (Å²) in [5.41, 5.74) is 2.67. The first kappa shape index (κ1) is 9.65. The highest BCUT2D eigenvalue weighted by molar-refractivity contribution is 6.04. The maximum Gasteiger partial charge on any atom is 0.187 e. The third-order valence-electron chi connectivity index (χ3n) is 1.58. The van der Waals surface area contributed by atoms with Crippen molar-refractivity contribution in [1.29, 1.82) is 0 Å². The first-order valence-corrected chi connectivity index (χ1v) is 4.20. The lowest BCUT2D eigenvalue weighted by atomic mass is 10.1. The molecule has 1 aromatic heterocycles. The topological polar surface area (TPSA) is 30.0 Å². The fourth-order valence-electron chi connectivity index (χ4n) is 1.04. The van der Waals surface area contributed by atoms with Crippen LogP contribution in [0.15, 0.2) is 30.1 Å². The van der Waals surface area contributed by atoms with E-state index < -0.39 is 0 Å². The van der Waals surface area contributed by atoms with Crippen LogP contribution >= 0.6 is 0 Å². The summed E-state index contributed by atoms with van der Waals surface area (Å²) in [6.45, 7) is 5.73. The summed E-state index contributed by atoms with van der Waals surface area (Å²) in [6.07, 6.45) is 4.95. The van der Waals surface area contributed by atoms with E-state index >= 15 is 0 Å². The number of allylic oxidation sites excluding steroid dienone is 2. The van der Waals surface area contributed by atoms with Gasteiger partial charge in [-0.2, -0.15) is 0 Å². The molecular weight excluding hydrogens is 162 g/mol. The highest BCUT2D eigenvalue weighted by Crippen LogP contribution is 2.04. The average Bonchev–Trinajstić information content (AvgIpc) is 2.03. The number of aromatic nitrogens is 1. The quantitative estimate of drug-likeness (QED) is 0.510. The van der Waals surface area contributed by atoms with E-state index in [0.29, 0.717) is 5.56 Å². The first-order valence-electron chi connectivity index (χ1n) is 4.20. The van der Waals surface area contributed by atoms with Gasteiger partial charge in [-0.25, -0.2) is 0 Å². The highest BCUT2D eigenvalue weighted by atomic mass is 16.1. The molecule has 13 heavy (non-hydrogen) atoms. The number of aryl methyl sites for hydroxylation is 1. The molecule has 0 atom stereocenters. The molecule has 0 spiro atoms. The van der Waals surface area contributed by atoms with E-state index in [2.05, 4.69) is 4.98 Å². The second-order valence-electron chi connectivity index (χ2n) is 3.34. The van der Waals surface area contributed by atoms with Crippen molar-refractivity contribution in [2.45, 2.75) is 20.8 Å². The van der Waals surface area contributed by atoms with E-state index in [1.54, 1.807) is 18.5 Å². The molecule has 0 aromatic carbocycles. The van der Waals surface area contributed by atoms with Crippen LogP contribution in [0.2, 0.25) is 0 Å². The number of nitrogens with zero attached hydrogens (tertiary/aromatic N) is 1. The lowest BCUT2D eigenvalue weighted by Gasteiger charge is -1.96. The monoisotopic (exact) mass is 175 g/mol. The number of hydrogen-bond donors (Lipinski definition) is 0. The minimum Gasteiger partial charge on any atom is -0.289 e. The molecule has 68 valence electrons. The fraction of sp³-hybridized carbons (Fsp3) is 0.273. The van der Waals surface area contributed by atoms with Crippen LogP contribution in [-0.2, 0) is 0 Å². The van der Waals surface area contributed by atoms with E-state index in [1.807, 2.05) is 26.8 Å². The average molecular weight is 175 g/mol. The molecule has 0 N–H and O–H groups in total. The fourth-order valence-corrected chi connectivity index (χ4v) is 1.04. The zero-order chi connectivity index (χ0) is 9.84. The van der Waals surface area contributed by atoms with Crippen molar-refractivity contribution < 1.29 is 4.79 Å². The van der Waals surface area contributed by atoms with Gasteiger partial charge in [-0.3, -0.25) is 9.78 Å². The van der Waals surface area contributed by atoms with Gasteiger partial charge in [0.05, 0.1) is 0 Å². The van der Waals surface area contributed by atoms with Crippen LogP contribution in [0.1, 0.15) is 29.8 Å². The lowest BCUT2D eigenvalue weighted by molar-refractivity contribution is 0.104. The van der Waals surface area contributed by atoms with Crippen LogP contribution in [0.3, 0.4) is 0 Å². The predicted molar refractivity (Wildman–Crippen MR) is 52.7 cm³/mol. The number of rotatable bonds is 2. The molecule has 0 aliphatic carbocycles. The van der Waals surface area contributed by atoms with Gasteiger partial charge in [-0.1, -0.05) is 5.57 Å². The predicted octanol–water partition coefficient (Wildman–Crippen LogP) is 2.54. The minimum absolute atomic E-state index is 0.0243. The van der Waals surface area contributed by atoms with Crippen LogP contribution in [0.5, 0.6) is 0 Å². The normalized spacial score (nSPS) is 9.46. The highest BCUT2D eigenvalue weighted by Gasteiger charge is 2.01. The van der Waals surface area contributed by atoms with Gasteiger partial charge in [0.1, 0.15) is 0 Å². The van der Waals surface area contributed by atoms with Gasteiger partial charge in [-0.05, 0) is 38.5 Å². The third kappa shape index (κ3) is 2.82. The molecule has 2 nitrogen and oxygen atoms in total. The minimum atomic E-state index is 0.0243. The van der Waals surface area contributed by atoms with Gasteiger partial charge in [-0.15, -0.1) is 0 Å². The number of carbonyl (C=O) groups is 1. The summed E-state index contributed by atoms with van der Waals surface area (Å²) in [7, 11) is 0. The molecular formula is C11H13NO. The molecule has 0 fully saturated rings. The Morgan fingerprint density at radius 3 is 2.62 bits per heavy atom. The molecule has 0 saturated heterocycles. The Balaban J connectivity index is 2.96. The van der Waals surface area contributed by atoms with Crippen molar-refractivity contribution >= 4 is 5.78 Å². The summed E-state index contributed by atoms with van der Waals surface area (Å²) in [5.74, 6) is 0.0243. The smallest absolute Gasteiger partial charge is 0.187 e. The van der Waals surface area contributed by atoms with Crippen molar-refractivity contribution in [3.05, 3.63) is 41.2 Å². The molecule has 2 heteroatoms. The summed E-state index contributed by atoms with van der Waals surface area (Å²) >= 11 is 0. The maximum absolute atomic E-state index is 11.5. The lowest BCUT2D eigenvalue weighted by Crippen LogP contribution is -1.96. The van der Waals surface area contributed by atoms with Crippen molar-refractivity contribution in [3.63, 3.8) is 0 Å². The molecule has 1 rings (SSSR count). The Morgan fingerprint density at radius 1 is 1.38 bits per heavy atom. The third-order valence-corrected chi connectivity index (χ3v) is 1.58. The Kier molecular flexibility index (Phi) is 2.96. The molecule has 0 saturated carbocycles. The molecule has 0 aliphatic heterocycles. The Bertz CT molecular complexity index is 349. The number of ketones is 1. The molecule has 0 amide bonds. The Hall–Kier alpha value is -1.44. The van der Waals surface area contributed by atoms with Gasteiger partial charge in [0.2, 0.25) is 0 Å². The van der Waals surface area contributed by atoms with Crippen molar-refractivity contribution in [3.8, 4) is 0 Å². The van der Waals surface area contributed by atoms with Gasteiger partial charge < -0.3 is 0 Å². The number of pyridine rings is 1. The second kappa shape index (κ2) is 3.99. The van der Waals surface area contributed by atoms with Gasteiger partial charge in [0, 0.05) is 18.0 Å². The van der Waals surface area contributed by atoms with Crippen LogP contribution in [-0.4, -0.2) is 10.8 Å². The van der Waals surface area contributed by atoms with Gasteiger partial charge >= 0.3 is 0 Å². The summed E-state index contributed by atoms with van der Waals surface area (Å²) < 4.78 is 0. The zero-order valence-corrected chi connectivity index (χ0v) is 8.16. The molecule has 1 aromatic rings. The SMILES string of the molecule is CC(C)=CC(=O)c1cncc(C)c1. The molecule has 0 unspecified atom stereocenters. The van der Waals surface area contributed by atoms with E-state index in [1.165, 1.54) is 0 Å². The zero-order valence-electron chi connectivity index (χ0n) is 8.16. The summed E-state index contributed by atoms with van der Waals surface area (Å²) in [5, 5.41) is 0. The van der Waals surface area contributed by atoms with E-state index in [-0.39, 0.29) is 5.78 Å². The molecule has 1 heterocycles. The summed E-state index contributed by atoms with van der Waals surface area (Å²) in [6, 6.07) is 1.84. The Morgan fingerprint density at radius 2 is 2.08 bits per heavy atom. The first-order chi connectivity index (χ1) is 6.09. The van der Waals surface area contributed by atoms with Crippen LogP contribution in [0.4, 0.5) is 0 Å². The van der Waals surface area contributed by atoms with E-state index in [0.717, 1.165) is 11.1 Å². The van der Waals surface area contributed by atoms with Gasteiger partial charge in [0.25, 0.3) is 0 Å².